The predicted molar refractivity (Wildman–Crippen MR) is 280 cm³/mol. The van der Waals surface area contributed by atoms with Crippen LogP contribution in [0.15, 0.2) is 0 Å². The van der Waals surface area contributed by atoms with E-state index in [9.17, 15) is 14.4 Å². The highest BCUT2D eigenvalue weighted by Gasteiger charge is 2.19. The van der Waals surface area contributed by atoms with Gasteiger partial charge in [0.2, 0.25) is 0 Å². The molecule has 1 atom stereocenters. The van der Waals surface area contributed by atoms with E-state index in [0.29, 0.717) is 19.3 Å². The molecule has 386 valence electrons. The molecule has 0 saturated carbocycles. The minimum Gasteiger partial charge on any atom is -0.462 e. The van der Waals surface area contributed by atoms with Crippen molar-refractivity contribution in [2.24, 2.45) is 11.8 Å². The lowest BCUT2D eigenvalue weighted by Gasteiger charge is -2.18. The van der Waals surface area contributed by atoms with Gasteiger partial charge in [0.05, 0.1) is 0 Å². The van der Waals surface area contributed by atoms with E-state index >= 15 is 0 Å². The third-order valence-electron chi connectivity index (χ3n) is 13.5. The molecule has 0 spiro atoms. The van der Waals surface area contributed by atoms with Crippen LogP contribution in [0.3, 0.4) is 0 Å². The molecule has 0 rings (SSSR count). The Morgan fingerprint density at radius 1 is 0.292 bits per heavy atom. The molecule has 6 heteroatoms. The highest BCUT2D eigenvalue weighted by molar-refractivity contribution is 5.71. The Morgan fingerprint density at radius 3 is 0.754 bits per heavy atom. The van der Waals surface area contributed by atoms with E-state index in [0.717, 1.165) is 69.6 Å². The Kier molecular flexibility index (Phi) is 50.5. The lowest BCUT2D eigenvalue weighted by Crippen LogP contribution is -2.30. The van der Waals surface area contributed by atoms with Gasteiger partial charge in [-0.25, -0.2) is 0 Å². The van der Waals surface area contributed by atoms with Crippen LogP contribution in [0.25, 0.3) is 0 Å². The predicted octanol–water partition coefficient (Wildman–Crippen LogP) is 19.3. The molecule has 0 aliphatic heterocycles. The monoisotopic (exact) mass is 919 g/mol. The van der Waals surface area contributed by atoms with Crippen molar-refractivity contribution >= 4 is 17.9 Å². The summed E-state index contributed by atoms with van der Waals surface area (Å²) in [6.45, 7) is 11.4. The van der Waals surface area contributed by atoms with Crippen LogP contribution >= 0.6 is 0 Å². The summed E-state index contributed by atoms with van der Waals surface area (Å²) >= 11 is 0. The quantitative estimate of drug-likeness (QED) is 0.0344. The van der Waals surface area contributed by atoms with Gasteiger partial charge in [0.15, 0.2) is 6.10 Å². The first-order valence-electron chi connectivity index (χ1n) is 29.2. The smallest absolute Gasteiger partial charge is 0.306 e. The second-order valence-electron chi connectivity index (χ2n) is 21.2. The molecule has 0 N–H and O–H groups in total. The molecule has 0 aliphatic rings. The molecule has 0 aromatic carbocycles. The highest BCUT2D eigenvalue weighted by Crippen LogP contribution is 2.18. The van der Waals surface area contributed by atoms with Crippen molar-refractivity contribution in [2.45, 2.75) is 336 Å². The van der Waals surface area contributed by atoms with E-state index in [1.165, 1.54) is 218 Å². The van der Waals surface area contributed by atoms with Crippen LogP contribution in [0.4, 0.5) is 0 Å². The molecule has 0 amide bonds. The molecule has 0 fully saturated rings. The standard InChI is InChI=1S/C59H114O6/c1-6-7-8-9-10-11-12-13-14-15-16-17-18-19-24-29-34-39-44-49-57(60)63-52-56(65-59(62)51-46-41-36-31-26-21-23-28-33-38-43-48-55(4)5)53-64-58(61)50-45-40-35-30-25-20-22-27-32-37-42-47-54(2)3/h54-56H,6-53H2,1-5H3/t56-/m1/s1. The average Bonchev–Trinajstić information content (AvgIpc) is 3.28. The van der Waals surface area contributed by atoms with E-state index in [-0.39, 0.29) is 31.1 Å². The average molecular weight is 920 g/mol. The molecule has 0 unspecified atom stereocenters. The van der Waals surface area contributed by atoms with Gasteiger partial charge in [-0.3, -0.25) is 14.4 Å². The summed E-state index contributed by atoms with van der Waals surface area (Å²) in [7, 11) is 0. The first-order valence-corrected chi connectivity index (χ1v) is 29.2. The van der Waals surface area contributed by atoms with Crippen molar-refractivity contribution in [2.75, 3.05) is 13.2 Å². The minimum atomic E-state index is -0.763. The number of esters is 3. The van der Waals surface area contributed by atoms with Crippen LogP contribution < -0.4 is 0 Å². The van der Waals surface area contributed by atoms with Gasteiger partial charge in [-0.15, -0.1) is 0 Å². The number of carbonyl (C=O) groups is 3. The van der Waals surface area contributed by atoms with Gasteiger partial charge in [-0.05, 0) is 31.1 Å². The molecule has 0 aromatic heterocycles. The molecule has 0 saturated heterocycles. The summed E-state index contributed by atoms with van der Waals surface area (Å²) in [6.07, 6.45) is 55.3. The van der Waals surface area contributed by atoms with Crippen LogP contribution in [0.1, 0.15) is 330 Å². The van der Waals surface area contributed by atoms with E-state index < -0.39 is 6.10 Å². The molecule has 65 heavy (non-hydrogen) atoms. The van der Waals surface area contributed by atoms with Crippen LogP contribution in [0.2, 0.25) is 0 Å². The maximum Gasteiger partial charge on any atom is 0.306 e. The van der Waals surface area contributed by atoms with Crippen LogP contribution in [-0.4, -0.2) is 37.2 Å². The third-order valence-corrected chi connectivity index (χ3v) is 13.5. The maximum atomic E-state index is 12.8. The summed E-state index contributed by atoms with van der Waals surface area (Å²) in [6, 6.07) is 0. The molecule has 0 aromatic rings. The van der Waals surface area contributed by atoms with Crippen molar-refractivity contribution in [1.82, 2.24) is 0 Å². The van der Waals surface area contributed by atoms with Gasteiger partial charge in [-0.1, -0.05) is 291 Å². The Hall–Kier alpha value is -1.59. The first-order chi connectivity index (χ1) is 31.7. The number of hydrogen-bond acceptors (Lipinski definition) is 6. The maximum absolute atomic E-state index is 12.8. The fourth-order valence-electron chi connectivity index (χ4n) is 9.05. The van der Waals surface area contributed by atoms with Crippen LogP contribution in [0, 0.1) is 11.8 Å². The van der Waals surface area contributed by atoms with E-state index in [2.05, 4.69) is 34.6 Å². The Morgan fingerprint density at radius 2 is 0.508 bits per heavy atom. The fourth-order valence-corrected chi connectivity index (χ4v) is 9.05. The number of carbonyl (C=O) groups excluding carboxylic acids is 3. The van der Waals surface area contributed by atoms with E-state index in [1.54, 1.807) is 0 Å². The molecule has 0 radical (unpaired) electrons. The lowest BCUT2D eigenvalue weighted by molar-refractivity contribution is -0.167. The highest BCUT2D eigenvalue weighted by atomic mass is 16.6. The number of ether oxygens (including phenoxy) is 3. The summed E-state index contributed by atoms with van der Waals surface area (Å²) < 4.78 is 16.9. The van der Waals surface area contributed by atoms with Gasteiger partial charge < -0.3 is 14.2 Å². The topological polar surface area (TPSA) is 78.9 Å². The zero-order valence-electron chi connectivity index (χ0n) is 44.6. The molecule has 0 aliphatic carbocycles. The summed E-state index contributed by atoms with van der Waals surface area (Å²) in [4.78, 5) is 38.1. The first kappa shape index (κ1) is 63.4. The Balaban J connectivity index is 4.27. The second-order valence-corrected chi connectivity index (χ2v) is 21.2. The zero-order valence-corrected chi connectivity index (χ0v) is 44.6. The summed E-state index contributed by atoms with van der Waals surface area (Å²) in [5.74, 6) is 0.811. The Labute approximate surface area is 406 Å². The molecule has 6 nitrogen and oxygen atoms in total. The van der Waals surface area contributed by atoms with Gasteiger partial charge >= 0.3 is 17.9 Å². The SMILES string of the molecule is CCCCCCCCCCCCCCCCCCCCCC(=O)OC[C@H](COC(=O)CCCCCCCCCCCCCC(C)C)OC(=O)CCCCCCCCCCCCCC(C)C. The Bertz CT molecular complexity index is 993. The molecular weight excluding hydrogens is 805 g/mol. The van der Waals surface area contributed by atoms with Gasteiger partial charge in [0.1, 0.15) is 13.2 Å². The zero-order chi connectivity index (χ0) is 47.5. The molecule has 0 bridgehead atoms. The number of rotatable bonds is 53. The molecule has 0 heterocycles. The number of hydrogen-bond donors (Lipinski definition) is 0. The summed E-state index contributed by atoms with van der Waals surface area (Å²) in [5.41, 5.74) is 0. The second kappa shape index (κ2) is 51.8. The molecular formula is C59H114O6. The van der Waals surface area contributed by atoms with Crippen LogP contribution in [-0.2, 0) is 28.6 Å². The van der Waals surface area contributed by atoms with Gasteiger partial charge in [0.25, 0.3) is 0 Å². The van der Waals surface area contributed by atoms with Crippen molar-refractivity contribution in [3.8, 4) is 0 Å². The lowest BCUT2D eigenvalue weighted by atomic mass is 10.0. The largest absolute Gasteiger partial charge is 0.462 e. The minimum absolute atomic E-state index is 0.0628. The van der Waals surface area contributed by atoms with Crippen molar-refractivity contribution in [1.29, 1.82) is 0 Å². The van der Waals surface area contributed by atoms with E-state index in [1.807, 2.05) is 0 Å². The summed E-state index contributed by atoms with van der Waals surface area (Å²) in [5, 5.41) is 0. The van der Waals surface area contributed by atoms with Gasteiger partial charge in [-0.2, -0.15) is 0 Å². The third kappa shape index (κ3) is 53.2. The van der Waals surface area contributed by atoms with E-state index in [4.69, 9.17) is 14.2 Å². The van der Waals surface area contributed by atoms with Crippen molar-refractivity contribution < 1.29 is 28.6 Å². The van der Waals surface area contributed by atoms with Gasteiger partial charge in [0, 0.05) is 19.3 Å². The van der Waals surface area contributed by atoms with Crippen molar-refractivity contribution in [3.05, 3.63) is 0 Å². The normalized spacial score (nSPS) is 12.0. The van der Waals surface area contributed by atoms with Crippen LogP contribution in [0.5, 0.6) is 0 Å². The number of unbranched alkanes of at least 4 members (excludes halogenated alkanes) is 38. The fraction of sp³-hybridized carbons (Fsp3) is 0.949. The van der Waals surface area contributed by atoms with Crippen molar-refractivity contribution in [3.63, 3.8) is 0 Å².